The third-order valence-corrected chi connectivity index (χ3v) is 1.80. The molecule has 16 heavy (non-hydrogen) atoms. The average Bonchev–Trinajstić information content (AvgIpc) is 2.62. The lowest BCUT2D eigenvalue weighted by Gasteiger charge is -1.93. The number of fused-ring (bicyclic) bond motifs is 1. The summed E-state index contributed by atoms with van der Waals surface area (Å²) in [6, 6.07) is 6.91. The van der Waals surface area contributed by atoms with Gasteiger partial charge < -0.3 is 10.1 Å². The van der Waals surface area contributed by atoms with Gasteiger partial charge >= 0.3 is 5.97 Å². The maximum Gasteiger partial charge on any atom is 0.335 e. The minimum Gasteiger partial charge on any atom is -0.478 e. The molecule has 2 rings (SSSR count). The monoisotopic (exact) mass is 331 g/mol. The molecule has 0 atom stereocenters. The zero-order valence-corrected chi connectivity index (χ0v) is 11.4. The zero-order valence-electron chi connectivity index (χ0n) is 9.20. The van der Waals surface area contributed by atoms with E-state index in [4.69, 9.17) is 5.11 Å². The van der Waals surface area contributed by atoms with Crippen molar-refractivity contribution in [1.82, 2.24) is 4.98 Å². The number of carboxylic acid groups (broad SMARTS) is 1. The van der Waals surface area contributed by atoms with Crippen LogP contribution in [-0.2, 0) is 0 Å². The normalized spacial score (nSPS) is 10.0. The van der Waals surface area contributed by atoms with Crippen LogP contribution >= 0.6 is 22.6 Å². The fraction of sp³-hybridized carbons (Fsp3) is 0.250. The molecule has 0 saturated heterocycles. The molecule has 0 bridgehead atoms. The van der Waals surface area contributed by atoms with E-state index in [1.807, 2.05) is 6.07 Å². The highest BCUT2D eigenvalue weighted by Crippen LogP contribution is 2.13. The van der Waals surface area contributed by atoms with Crippen LogP contribution in [0.2, 0.25) is 0 Å². The smallest absolute Gasteiger partial charge is 0.335 e. The van der Waals surface area contributed by atoms with E-state index in [0.717, 1.165) is 14.8 Å². The fourth-order valence-electron chi connectivity index (χ4n) is 1.18. The van der Waals surface area contributed by atoms with Gasteiger partial charge in [-0.05, 0) is 23.6 Å². The van der Waals surface area contributed by atoms with Crippen LogP contribution < -0.4 is 0 Å². The van der Waals surface area contributed by atoms with E-state index in [9.17, 15) is 4.79 Å². The van der Waals surface area contributed by atoms with Gasteiger partial charge in [0.25, 0.3) is 0 Å². The summed E-state index contributed by atoms with van der Waals surface area (Å²) in [4.78, 5) is 13.5. The van der Waals surface area contributed by atoms with Gasteiger partial charge in [0.2, 0.25) is 0 Å². The summed E-state index contributed by atoms with van der Waals surface area (Å²) in [6.45, 7) is 4.31. The molecule has 1 aromatic carbocycles. The number of hydrogen-bond acceptors (Lipinski definition) is 1. The molecule has 0 radical (unpaired) electrons. The van der Waals surface area contributed by atoms with Crippen LogP contribution in [0.15, 0.2) is 30.5 Å². The highest BCUT2D eigenvalue weighted by molar-refractivity contribution is 14.1. The SMILES string of the molecule is CC(C)I.O=C(O)c1ccc2cc[nH]c2c1. The molecule has 2 aromatic rings. The van der Waals surface area contributed by atoms with E-state index in [2.05, 4.69) is 41.4 Å². The minimum atomic E-state index is -0.897. The molecule has 2 N–H and O–H groups in total. The Morgan fingerprint density at radius 2 is 2.00 bits per heavy atom. The van der Waals surface area contributed by atoms with Crippen molar-refractivity contribution >= 4 is 39.5 Å². The minimum absolute atomic E-state index is 0.310. The predicted octanol–water partition coefficient (Wildman–Crippen LogP) is 3.70. The van der Waals surface area contributed by atoms with Crippen LogP contribution in [0.4, 0.5) is 0 Å². The summed E-state index contributed by atoms with van der Waals surface area (Å²) in [5.41, 5.74) is 1.17. The molecular weight excluding hydrogens is 317 g/mol. The highest BCUT2D eigenvalue weighted by Gasteiger charge is 2.02. The molecule has 0 aliphatic carbocycles. The summed E-state index contributed by atoms with van der Waals surface area (Å²) < 4.78 is 0.803. The molecule has 1 aromatic heterocycles. The van der Waals surface area contributed by atoms with Crippen molar-refractivity contribution in [3.63, 3.8) is 0 Å². The van der Waals surface area contributed by atoms with Gasteiger partial charge in [0.15, 0.2) is 0 Å². The molecule has 0 amide bonds. The molecule has 0 spiro atoms. The second-order valence-electron chi connectivity index (χ2n) is 3.60. The van der Waals surface area contributed by atoms with Crippen LogP contribution in [0.5, 0.6) is 0 Å². The van der Waals surface area contributed by atoms with Gasteiger partial charge in [0.05, 0.1) is 5.56 Å². The first-order valence-corrected chi connectivity index (χ1v) is 6.19. The number of alkyl halides is 1. The molecule has 3 nitrogen and oxygen atoms in total. The van der Waals surface area contributed by atoms with Crippen LogP contribution in [0.25, 0.3) is 10.9 Å². The average molecular weight is 331 g/mol. The number of nitrogens with one attached hydrogen (secondary N) is 1. The molecule has 4 heteroatoms. The van der Waals surface area contributed by atoms with E-state index in [-0.39, 0.29) is 0 Å². The quantitative estimate of drug-likeness (QED) is 0.618. The zero-order chi connectivity index (χ0) is 12.1. The van der Waals surface area contributed by atoms with Crippen molar-refractivity contribution in [1.29, 1.82) is 0 Å². The number of aromatic amines is 1. The fourth-order valence-corrected chi connectivity index (χ4v) is 1.18. The Morgan fingerprint density at radius 3 is 2.56 bits per heavy atom. The third kappa shape index (κ3) is 3.84. The Balaban J connectivity index is 0.000000280. The Bertz CT molecular complexity index is 474. The van der Waals surface area contributed by atoms with Crippen molar-refractivity contribution in [3.8, 4) is 0 Å². The van der Waals surface area contributed by atoms with Crippen LogP contribution in [0.1, 0.15) is 24.2 Å². The van der Waals surface area contributed by atoms with E-state index in [0.29, 0.717) is 5.56 Å². The number of halogens is 1. The Kier molecular flexibility index (Phi) is 4.79. The molecular formula is C12H14INO2. The first-order chi connectivity index (χ1) is 7.50. The molecule has 0 fully saturated rings. The Morgan fingerprint density at radius 1 is 1.38 bits per heavy atom. The summed E-state index contributed by atoms with van der Waals surface area (Å²) in [5.74, 6) is -0.897. The Labute approximate surface area is 108 Å². The molecule has 0 aliphatic heterocycles. The lowest BCUT2D eigenvalue weighted by atomic mass is 10.2. The van der Waals surface area contributed by atoms with Crippen LogP contribution in [0.3, 0.4) is 0 Å². The number of rotatable bonds is 1. The van der Waals surface area contributed by atoms with E-state index < -0.39 is 5.97 Å². The molecule has 0 unspecified atom stereocenters. The first kappa shape index (κ1) is 13.0. The van der Waals surface area contributed by atoms with Crippen molar-refractivity contribution in [2.75, 3.05) is 0 Å². The van der Waals surface area contributed by atoms with Gasteiger partial charge in [-0.15, -0.1) is 0 Å². The van der Waals surface area contributed by atoms with Gasteiger partial charge in [-0.1, -0.05) is 42.5 Å². The largest absolute Gasteiger partial charge is 0.478 e. The second-order valence-corrected chi connectivity index (χ2v) is 6.09. The number of aromatic carboxylic acids is 1. The maximum atomic E-state index is 10.6. The summed E-state index contributed by atoms with van der Waals surface area (Å²) >= 11 is 2.34. The summed E-state index contributed by atoms with van der Waals surface area (Å²) in [7, 11) is 0. The number of carboxylic acids is 1. The number of aromatic nitrogens is 1. The molecule has 0 aliphatic rings. The summed E-state index contributed by atoms with van der Waals surface area (Å²) in [6.07, 6.45) is 1.79. The lowest BCUT2D eigenvalue weighted by molar-refractivity contribution is 0.0697. The van der Waals surface area contributed by atoms with Crippen LogP contribution in [0, 0.1) is 0 Å². The predicted molar refractivity (Wildman–Crippen MR) is 74.4 cm³/mol. The third-order valence-electron chi connectivity index (χ3n) is 1.80. The van der Waals surface area contributed by atoms with E-state index in [1.165, 1.54) is 0 Å². The number of benzene rings is 1. The maximum absolute atomic E-state index is 10.6. The second kappa shape index (κ2) is 5.89. The number of H-pyrrole nitrogens is 1. The van der Waals surface area contributed by atoms with Crippen molar-refractivity contribution in [2.24, 2.45) is 0 Å². The molecule has 86 valence electrons. The van der Waals surface area contributed by atoms with Crippen LogP contribution in [-0.4, -0.2) is 20.0 Å². The van der Waals surface area contributed by atoms with Gasteiger partial charge in [0, 0.05) is 15.6 Å². The highest BCUT2D eigenvalue weighted by atomic mass is 127. The number of carbonyl (C=O) groups is 1. The van der Waals surface area contributed by atoms with Gasteiger partial charge in [-0.3, -0.25) is 0 Å². The molecule has 0 saturated carbocycles. The van der Waals surface area contributed by atoms with Gasteiger partial charge in [0.1, 0.15) is 0 Å². The standard InChI is InChI=1S/C9H7NO2.C3H7I/c11-9(12)7-2-1-6-3-4-10-8(6)5-7;1-3(2)4/h1-5,10H,(H,11,12);3H,1-2H3. The summed E-state index contributed by atoms with van der Waals surface area (Å²) in [5, 5.41) is 9.70. The van der Waals surface area contributed by atoms with Gasteiger partial charge in [-0.2, -0.15) is 0 Å². The first-order valence-electron chi connectivity index (χ1n) is 4.95. The topological polar surface area (TPSA) is 53.1 Å². The lowest BCUT2D eigenvalue weighted by Crippen LogP contribution is -1.94. The van der Waals surface area contributed by atoms with E-state index >= 15 is 0 Å². The number of hydrogen-bond donors (Lipinski definition) is 2. The molecule has 1 heterocycles. The van der Waals surface area contributed by atoms with Gasteiger partial charge in [-0.25, -0.2) is 4.79 Å². The van der Waals surface area contributed by atoms with Crippen molar-refractivity contribution in [3.05, 3.63) is 36.0 Å². The van der Waals surface area contributed by atoms with Crippen molar-refractivity contribution < 1.29 is 9.90 Å². The Hall–Kier alpha value is -1.04. The van der Waals surface area contributed by atoms with E-state index in [1.54, 1.807) is 24.4 Å². The van der Waals surface area contributed by atoms with Crippen molar-refractivity contribution in [2.45, 2.75) is 17.8 Å².